The number of hydrogen-bond donors (Lipinski definition) is 4. The Hall–Kier alpha value is -3.10. The van der Waals surface area contributed by atoms with E-state index in [1.807, 2.05) is 30.3 Å². The molecule has 0 bridgehead atoms. The molecule has 2 rings (SSSR count). The van der Waals surface area contributed by atoms with Crippen LogP contribution < -0.4 is 21.1 Å². The van der Waals surface area contributed by atoms with Gasteiger partial charge in [-0.15, -0.1) is 0 Å². The molecular formula is C24H30ClN3O5. The Morgan fingerprint density at radius 1 is 1.12 bits per heavy atom. The van der Waals surface area contributed by atoms with Gasteiger partial charge in [0.15, 0.2) is 0 Å². The molecule has 0 saturated heterocycles. The Morgan fingerprint density at radius 2 is 1.82 bits per heavy atom. The number of carbonyl (C=O) groups excluding carboxylic acids is 2. The Bertz CT molecular complexity index is 952. The summed E-state index contributed by atoms with van der Waals surface area (Å²) >= 11 is 6.10. The van der Waals surface area contributed by atoms with Crippen LogP contribution in [-0.2, 0) is 16.0 Å². The standard InChI is InChI=1S/C24H30ClN3O5/c1-15(2)10-18(26)14-33-21-9-8-17(25)12-19(21)23(31)28-20(24(32)27-13-22(29)30)11-16-6-4-3-5-7-16/h3-9,12,15,18,20H,10-11,13-14,26H2,1-2H3,(H,27,32)(H,28,31)(H,29,30)/t18-,20+/m1/s1. The van der Waals surface area contributed by atoms with E-state index in [9.17, 15) is 14.4 Å². The normalized spacial score (nSPS) is 12.6. The van der Waals surface area contributed by atoms with E-state index in [1.165, 1.54) is 6.07 Å². The van der Waals surface area contributed by atoms with E-state index in [-0.39, 0.29) is 24.6 Å². The first-order valence-corrected chi connectivity index (χ1v) is 11.1. The summed E-state index contributed by atoms with van der Waals surface area (Å²) in [7, 11) is 0. The zero-order chi connectivity index (χ0) is 24.4. The summed E-state index contributed by atoms with van der Waals surface area (Å²) in [6.45, 7) is 3.78. The molecule has 0 aliphatic heterocycles. The van der Waals surface area contributed by atoms with Crippen LogP contribution in [0.2, 0.25) is 5.02 Å². The lowest BCUT2D eigenvalue weighted by atomic mass is 10.0. The van der Waals surface area contributed by atoms with Crippen molar-refractivity contribution in [3.05, 3.63) is 64.7 Å². The van der Waals surface area contributed by atoms with E-state index < -0.39 is 30.4 Å². The summed E-state index contributed by atoms with van der Waals surface area (Å²) in [6, 6.07) is 12.5. The lowest BCUT2D eigenvalue weighted by Crippen LogP contribution is -2.49. The van der Waals surface area contributed by atoms with E-state index in [2.05, 4.69) is 24.5 Å². The summed E-state index contributed by atoms with van der Waals surface area (Å²) in [5, 5.41) is 14.2. The maximum absolute atomic E-state index is 13.1. The summed E-state index contributed by atoms with van der Waals surface area (Å²) in [5.41, 5.74) is 7.05. The fourth-order valence-corrected chi connectivity index (χ4v) is 3.43. The van der Waals surface area contributed by atoms with Gasteiger partial charge in [-0.05, 0) is 36.1 Å². The van der Waals surface area contributed by atoms with Gasteiger partial charge in [-0.3, -0.25) is 14.4 Å². The van der Waals surface area contributed by atoms with E-state index >= 15 is 0 Å². The van der Waals surface area contributed by atoms with Crippen molar-refractivity contribution < 1.29 is 24.2 Å². The van der Waals surface area contributed by atoms with Crippen LogP contribution in [0.3, 0.4) is 0 Å². The van der Waals surface area contributed by atoms with Crippen LogP contribution in [0.1, 0.15) is 36.2 Å². The molecule has 8 nitrogen and oxygen atoms in total. The molecule has 0 aromatic heterocycles. The molecule has 0 saturated carbocycles. The van der Waals surface area contributed by atoms with E-state index in [4.69, 9.17) is 27.2 Å². The van der Waals surface area contributed by atoms with Crippen molar-refractivity contribution in [1.29, 1.82) is 0 Å². The molecule has 0 radical (unpaired) electrons. The summed E-state index contributed by atoms with van der Waals surface area (Å²) in [4.78, 5) is 36.6. The third kappa shape index (κ3) is 9.11. The van der Waals surface area contributed by atoms with Crippen LogP contribution in [0, 0.1) is 5.92 Å². The predicted molar refractivity (Wildman–Crippen MR) is 126 cm³/mol. The summed E-state index contributed by atoms with van der Waals surface area (Å²) < 4.78 is 5.79. The van der Waals surface area contributed by atoms with E-state index in [1.54, 1.807) is 12.1 Å². The topological polar surface area (TPSA) is 131 Å². The smallest absolute Gasteiger partial charge is 0.322 e. The molecular weight excluding hydrogens is 446 g/mol. The maximum Gasteiger partial charge on any atom is 0.322 e. The van der Waals surface area contributed by atoms with Crippen molar-refractivity contribution in [3.8, 4) is 5.75 Å². The fourth-order valence-electron chi connectivity index (χ4n) is 3.26. The number of carboxylic acids is 1. The van der Waals surface area contributed by atoms with Crippen molar-refractivity contribution in [1.82, 2.24) is 10.6 Å². The molecule has 2 amide bonds. The zero-order valence-electron chi connectivity index (χ0n) is 18.7. The van der Waals surface area contributed by atoms with Crippen LogP contribution in [-0.4, -0.2) is 48.1 Å². The van der Waals surface area contributed by atoms with Gasteiger partial charge < -0.3 is 26.2 Å². The Kier molecular flexibility index (Phi) is 10.2. The summed E-state index contributed by atoms with van der Waals surface area (Å²) in [5.74, 6) is -1.68. The number of aliphatic carboxylic acids is 1. The van der Waals surface area contributed by atoms with Crippen molar-refractivity contribution in [2.45, 2.75) is 38.8 Å². The number of hydrogen-bond acceptors (Lipinski definition) is 5. The van der Waals surface area contributed by atoms with Crippen molar-refractivity contribution >= 4 is 29.4 Å². The Balaban J connectivity index is 2.20. The molecule has 0 aliphatic carbocycles. The van der Waals surface area contributed by atoms with Gasteiger partial charge in [0.25, 0.3) is 5.91 Å². The Morgan fingerprint density at radius 3 is 2.45 bits per heavy atom. The van der Waals surface area contributed by atoms with Gasteiger partial charge in [-0.25, -0.2) is 0 Å². The molecule has 9 heteroatoms. The average molecular weight is 476 g/mol. The quantitative estimate of drug-likeness (QED) is 0.373. The molecule has 2 atom stereocenters. The minimum atomic E-state index is -1.18. The highest BCUT2D eigenvalue weighted by atomic mass is 35.5. The summed E-state index contributed by atoms with van der Waals surface area (Å²) in [6.07, 6.45) is 0.937. The average Bonchev–Trinajstić information content (AvgIpc) is 2.76. The van der Waals surface area contributed by atoms with Crippen LogP contribution in [0.5, 0.6) is 5.75 Å². The number of nitrogens with two attached hydrogens (primary N) is 1. The molecule has 178 valence electrons. The van der Waals surface area contributed by atoms with Gasteiger partial charge in [0.05, 0.1) is 5.56 Å². The van der Waals surface area contributed by atoms with Crippen molar-refractivity contribution in [2.24, 2.45) is 11.7 Å². The highest BCUT2D eigenvalue weighted by Gasteiger charge is 2.24. The molecule has 5 N–H and O–H groups in total. The van der Waals surface area contributed by atoms with Crippen LogP contribution in [0.4, 0.5) is 0 Å². The zero-order valence-corrected chi connectivity index (χ0v) is 19.5. The minimum absolute atomic E-state index is 0.156. The van der Waals surface area contributed by atoms with Gasteiger partial charge >= 0.3 is 5.97 Å². The molecule has 0 aliphatic rings. The van der Waals surface area contributed by atoms with Crippen molar-refractivity contribution in [3.63, 3.8) is 0 Å². The lowest BCUT2D eigenvalue weighted by Gasteiger charge is -2.20. The maximum atomic E-state index is 13.1. The van der Waals surface area contributed by atoms with Gasteiger partial charge in [0, 0.05) is 17.5 Å². The largest absolute Gasteiger partial charge is 0.491 e. The number of rotatable bonds is 12. The van der Waals surface area contributed by atoms with Crippen molar-refractivity contribution in [2.75, 3.05) is 13.2 Å². The SMILES string of the molecule is CC(C)C[C@@H](N)COc1ccc(Cl)cc1C(=O)N[C@@H](Cc1ccccc1)C(=O)NCC(=O)O. The molecule has 0 spiro atoms. The van der Waals surface area contributed by atoms with Crippen LogP contribution in [0.15, 0.2) is 48.5 Å². The molecule has 2 aromatic carbocycles. The number of nitrogens with one attached hydrogen (secondary N) is 2. The van der Waals surface area contributed by atoms with Gasteiger partial charge in [0.2, 0.25) is 5.91 Å². The molecule has 33 heavy (non-hydrogen) atoms. The first kappa shape index (κ1) is 26.2. The highest BCUT2D eigenvalue weighted by Crippen LogP contribution is 2.24. The second-order valence-corrected chi connectivity index (χ2v) is 8.60. The number of carbonyl (C=O) groups is 3. The number of carboxylic acid groups (broad SMARTS) is 1. The van der Waals surface area contributed by atoms with E-state index in [0.717, 1.165) is 12.0 Å². The fraction of sp³-hybridized carbons (Fsp3) is 0.375. The first-order chi connectivity index (χ1) is 15.7. The third-order valence-electron chi connectivity index (χ3n) is 4.73. The first-order valence-electron chi connectivity index (χ1n) is 10.7. The Labute approximate surface area is 198 Å². The second kappa shape index (κ2) is 12.8. The molecule has 0 unspecified atom stereocenters. The lowest BCUT2D eigenvalue weighted by molar-refractivity contribution is -0.138. The van der Waals surface area contributed by atoms with Gasteiger partial charge in [0.1, 0.15) is 24.9 Å². The highest BCUT2D eigenvalue weighted by molar-refractivity contribution is 6.31. The van der Waals surface area contributed by atoms with Gasteiger partial charge in [-0.2, -0.15) is 0 Å². The molecule has 0 fully saturated rings. The van der Waals surface area contributed by atoms with Crippen LogP contribution >= 0.6 is 11.6 Å². The number of halogens is 1. The monoisotopic (exact) mass is 475 g/mol. The van der Waals surface area contributed by atoms with E-state index in [0.29, 0.717) is 16.7 Å². The number of benzene rings is 2. The number of amides is 2. The van der Waals surface area contributed by atoms with Crippen LogP contribution in [0.25, 0.3) is 0 Å². The molecule has 2 aromatic rings. The third-order valence-corrected chi connectivity index (χ3v) is 4.97. The minimum Gasteiger partial charge on any atom is -0.491 e. The molecule has 0 heterocycles. The number of ether oxygens (including phenoxy) is 1. The predicted octanol–water partition coefficient (Wildman–Crippen LogP) is 2.63. The van der Waals surface area contributed by atoms with Gasteiger partial charge in [-0.1, -0.05) is 55.8 Å². The second-order valence-electron chi connectivity index (χ2n) is 8.17.